The van der Waals surface area contributed by atoms with Crippen LogP contribution in [0.25, 0.3) is 0 Å². The molecule has 0 saturated heterocycles. The van der Waals surface area contributed by atoms with Gasteiger partial charge in [-0.05, 0) is 43.7 Å². The Morgan fingerprint density at radius 1 is 1.07 bits per heavy atom. The molecule has 154 valence electrons. The molecule has 0 fully saturated rings. The summed E-state index contributed by atoms with van der Waals surface area (Å²) in [6.07, 6.45) is -0.124. The molecule has 0 saturated carbocycles. The van der Waals surface area contributed by atoms with Gasteiger partial charge in [-0.15, -0.1) is 0 Å². The van der Waals surface area contributed by atoms with Crippen LogP contribution in [0.3, 0.4) is 0 Å². The van der Waals surface area contributed by atoms with Gasteiger partial charge in [-0.3, -0.25) is 14.4 Å². The summed E-state index contributed by atoms with van der Waals surface area (Å²) in [5.74, 6) is -0.747. The SMILES string of the molecule is COc1ccc(C)cc1C(=O)CCC(=O)OCC(=O)NC(C)c1ccc(Br)cc1. The minimum Gasteiger partial charge on any atom is -0.496 e. The number of carbonyl (C=O) groups is 3. The van der Waals surface area contributed by atoms with Gasteiger partial charge in [-0.2, -0.15) is 0 Å². The first-order chi connectivity index (χ1) is 13.8. The quantitative estimate of drug-likeness (QED) is 0.447. The van der Waals surface area contributed by atoms with E-state index in [0.29, 0.717) is 11.3 Å². The molecular formula is C22H24BrNO5. The number of aryl methyl sites for hydroxylation is 1. The number of rotatable bonds is 9. The van der Waals surface area contributed by atoms with E-state index in [1.54, 1.807) is 12.1 Å². The van der Waals surface area contributed by atoms with Gasteiger partial charge in [0.25, 0.3) is 5.91 Å². The van der Waals surface area contributed by atoms with Crippen molar-refractivity contribution in [3.63, 3.8) is 0 Å². The number of hydrogen-bond donors (Lipinski definition) is 1. The molecule has 0 aromatic heterocycles. The Balaban J connectivity index is 1.78. The van der Waals surface area contributed by atoms with Crippen molar-refractivity contribution in [2.75, 3.05) is 13.7 Å². The van der Waals surface area contributed by atoms with Crippen molar-refractivity contribution in [3.8, 4) is 5.75 Å². The average molecular weight is 462 g/mol. The highest BCUT2D eigenvalue weighted by Crippen LogP contribution is 2.22. The number of esters is 1. The van der Waals surface area contributed by atoms with Crippen molar-refractivity contribution in [1.82, 2.24) is 5.32 Å². The smallest absolute Gasteiger partial charge is 0.306 e. The molecule has 2 aromatic carbocycles. The highest BCUT2D eigenvalue weighted by molar-refractivity contribution is 9.10. The van der Waals surface area contributed by atoms with Crippen molar-refractivity contribution in [2.24, 2.45) is 0 Å². The molecule has 0 aliphatic heterocycles. The van der Waals surface area contributed by atoms with E-state index in [-0.39, 0.29) is 31.3 Å². The predicted molar refractivity (Wildman–Crippen MR) is 113 cm³/mol. The van der Waals surface area contributed by atoms with Crippen LogP contribution in [-0.2, 0) is 14.3 Å². The van der Waals surface area contributed by atoms with E-state index >= 15 is 0 Å². The third-order valence-electron chi connectivity index (χ3n) is 4.32. The average Bonchev–Trinajstić information content (AvgIpc) is 2.70. The summed E-state index contributed by atoms with van der Waals surface area (Å²) in [7, 11) is 1.49. The number of benzene rings is 2. The number of nitrogens with one attached hydrogen (secondary N) is 1. The fourth-order valence-corrected chi connectivity index (χ4v) is 2.99. The van der Waals surface area contributed by atoms with Gasteiger partial charge in [0.2, 0.25) is 0 Å². The van der Waals surface area contributed by atoms with Gasteiger partial charge in [-0.1, -0.05) is 39.7 Å². The zero-order valence-corrected chi connectivity index (χ0v) is 18.2. The third kappa shape index (κ3) is 7.02. The molecule has 0 aliphatic carbocycles. The maximum Gasteiger partial charge on any atom is 0.306 e. The van der Waals surface area contributed by atoms with E-state index in [0.717, 1.165) is 15.6 Å². The first-order valence-electron chi connectivity index (χ1n) is 9.18. The summed E-state index contributed by atoms with van der Waals surface area (Å²) in [5.41, 5.74) is 2.29. The van der Waals surface area contributed by atoms with Gasteiger partial charge in [0, 0.05) is 10.9 Å². The van der Waals surface area contributed by atoms with Crippen LogP contribution in [0.5, 0.6) is 5.75 Å². The van der Waals surface area contributed by atoms with E-state index < -0.39 is 11.9 Å². The fraction of sp³-hybridized carbons (Fsp3) is 0.318. The summed E-state index contributed by atoms with van der Waals surface area (Å²) in [6, 6.07) is 12.6. The number of amides is 1. The molecule has 29 heavy (non-hydrogen) atoms. The second kappa shape index (κ2) is 10.8. The molecule has 1 atom stereocenters. The van der Waals surface area contributed by atoms with Crippen LogP contribution in [0.4, 0.5) is 0 Å². The normalized spacial score (nSPS) is 11.4. The Labute approximate surface area is 178 Å². The molecule has 0 heterocycles. The Kier molecular flexibility index (Phi) is 8.39. The lowest BCUT2D eigenvalue weighted by molar-refractivity contribution is -0.148. The zero-order chi connectivity index (χ0) is 21.4. The summed E-state index contributed by atoms with van der Waals surface area (Å²) in [6.45, 7) is 3.33. The Morgan fingerprint density at radius 2 is 1.76 bits per heavy atom. The highest BCUT2D eigenvalue weighted by atomic mass is 79.9. The summed E-state index contributed by atoms with van der Waals surface area (Å²) >= 11 is 3.36. The van der Waals surface area contributed by atoms with Gasteiger partial charge >= 0.3 is 5.97 Å². The van der Waals surface area contributed by atoms with Crippen molar-refractivity contribution >= 4 is 33.6 Å². The van der Waals surface area contributed by atoms with Crippen molar-refractivity contribution in [1.29, 1.82) is 0 Å². The van der Waals surface area contributed by atoms with Crippen LogP contribution < -0.4 is 10.1 Å². The number of Topliss-reactive ketones (excluding diaryl/α,β-unsaturated/α-hetero) is 1. The minimum absolute atomic E-state index is 0.0183. The number of methoxy groups -OCH3 is 1. The number of hydrogen-bond acceptors (Lipinski definition) is 5. The van der Waals surface area contributed by atoms with Crippen LogP contribution in [0.1, 0.15) is 47.3 Å². The van der Waals surface area contributed by atoms with E-state index in [2.05, 4.69) is 21.2 Å². The first kappa shape index (κ1) is 22.6. The summed E-state index contributed by atoms with van der Waals surface area (Å²) in [5, 5.41) is 2.77. The number of ketones is 1. The molecule has 0 bridgehead atoms. The zero-order valence-electron chi connectivity index (χ0n) is 16.7. The highest BCUT2D eigenvalue weighted by Gasteiger charge is 2.16. The minimum atomic E-state index is -0.601. The monoisotopic (exact) mass is 461 g/mol. The summed E-state index contributed by atoms with van der Waals surface area (Å²) < 4.78 is 11.1. The van der Waals surface area contributed by atoms with Crippen molar-refractivity contribution in [2.45, 2.75) is 32.7 Å². The Bertz CT molecular complexity index is 879. The molecule has 2 rings (SSSR count). The van der Waals surface area contributed by atoms with Gasteiger partial charge in [0.05, 0.1) is 25.1 Å². The van der Waals surface area contributed by atoms with Gasteiger partial charge in [0.1, 0.15) is 5.75 Å². The molecular weight excluding hydrogens is 438 g/mol. The Morgan fingerprint density at radius 3 is 2.41 bits per heavy atom. The fourth-order valence-electron chi connectivity index (χ4n) is 2.73. The molecule has 2 aromatic rings. The lowest BCUT2D eigenvalue weighted by atomic mass is 10.0. The van der Waals surface area contributed by atoms with Crippen LogP contribution >= 0.6 is 15.9 Å². The van der Waals surface area contributed by atoms with Crippen LogP contribution in [-0.4, -0.2) is 31.4 Å². The van der Waals surface area contributed by atoms with Gasteiger partial charge in [-0.25, -0.2) is 0 Å². The van der Waals surface area contributed by atoms with Crippen LogP contribution in [0, 0.1) is 6.92 Å². The standard InChI is InChI=1S/C22H24BrNO5/c1-14-4-10-20(28-3)18(12-14)19(25)9-11-22(27)29-13-21(26)24-15(2)16-5-7-17(23)8-6-16/h4-8,10,12,15H,9,11,13H2,1-3H3,(H,24,26). The lowest BCUT2D eigenvalue weighted by Gasteiger charge is -2.14. The molecule has 6 nitrogen and oxygen atoms in total. The molecule has 1 unspecified atom stereocenters. The van der Waals surface area contributed by atoms with E-state index in [1.807, 2.05) is 44.2 Å². The molecule has 7 heteroatoms. The largest absolute Gasteiger partial charge is 0.496 e. The maximum absolute atomic E-state index is 12.4. The van der Waals surface area contributed by atoms with E-state index in [4.69, 9.17) is 9.47 Å². The van der Waals surface area contributed by atoms with Crippen molar-refractivity contribution < 1.29 is 23.9 Å². The Hall–Kier alpha value is -2.67. The molecule has 1 N–H and O–H groups in total. The summed E-state index contributed by atoms with van der Waals surface area (Å²) in [4.78, 5) is 36.3. The molecule has 0 radical (unpaired) electrons. The van der Waals surface area contributed by atoms with E-state index in [9.17, 15) is 14.4 Å². The topological polar surface area (TPSA) is 81.7 Å². The van der Waals surface area contributed by atoms with Crippen LogP contribution in [0.2, 0.25) is 0 Å². The maximum atomic E-state index is 12.4. The third-order valence-corrected chi connectivity index (χ3v) is 4.85. The van der Waals surface area contributed by atoms with E-state index in [1.165, 1.54) is 7.11 Å². The van der Waals surface area contributed by atoms with Crippen molar-refractivity contribution in [3.05, 3.63) is 63.6 Å². The first-order valence-corrected chi connectivity index (χ1v) is 9.97. The molecule has 1 amide bonds. The number of carbonyl (C=O) groups excluding carboxylic acids is 3. The number of halogens is 1. The predicted octanol–water partition coefficient (Wildman–Crippen LogP) is 4.15. The molecule has 0 aliphatic rings. The lowest BCUT2D eigenvalue weighted by Crippen LogP contribution is -2.31. The van der Waals surface area contributed by atoms with Crippen LogP contribution in [0.15, 0.2) is 46.9 Å². The number of ether oxygens (including phenoxy) is 2. The van der Waals surface area contributed by atoms with Gasteiger partial charge in [0.15, 0.2) is 12.4 Å². The second-order valence-electron chi connectivity index (χ2n) is 6.63. The van der Waals surface area contributed by atoms with Gasteiger partial charge < -0.3 is 14.8 Å². The second-order valence-corrected chi connectivity index (χ2v) is 7.54. The molecule has 0 spiro atoms.